The number of hydrogen-bond acceptors (Lipinski definition) is 3. The lowest BCUT2D eigenvalue weighted by Gasteiger charge is -2.19. The molecular weight excluding hydrogens is 198 g/mol. The third kappa shape index (κ3) is 3.14. The van der Waals surface area contributed by atoms with E-state index in [1.165, 1.54) is 0 Å². The number of nitrogens with zero attached hydrogens (tertiary/aromatic N) is 2. The molecule has 0 fully saturated rings. The van der Waals surface area contributed by atoms with E-state index in [1.807, 2.05) is 19.9 Å². The quantitative estimate of drug-likeness (QED) is 0.782. The van der Waals surface area contributed by atoms with Crippen LogP contribution in [0.4, 0.5) is 5.82 Å². The number of alkyl halides is 1. The summed E-state index contributed by atoms with van der Waals surface area (Å²) < 4.78 is 0. The average Bonchev–Trinajstić information content (AvgIpc) is 2.14. The van der Waals surface area contributed by atoms with Crippen molar-refractivity contribution in [1.29, 1.82) is 0 Å². The number of hydrogen-bond donors (Lipinski definition) is 1. The Hall–Kier alpha value is -0.830. The number of aryl methyl sites for hydroxylation is 1. The van der Waals surface area contributed by atoms with Crippen LogP contribution >= 0.6 is 11.6 Å². The monoisotopic (exact) mass is 213 g/mol. The van der Waals surface area contributed by atoms with Crippen LogP contribution in [0.25, 0.3) is 0 Å². The van der Waals surface area contributed by atoms with Crippen LogP contribution in [0.5, 0.6) is 0 Å². The maximum Gasteiger partial charge on any atom is 0.129 e. The van der Waals surface area contributed by atoms with Gasteiger partial charge in [0.2, 0.25) is 0 Å². The molecule has 1 aromatic rings. The summed E-state index contributed by atoms with van der Waals surface area (Å²) in [5.74, 6) is 0.844. The summed E-state index contributed by atoms with van der Waals surface area (Å²) in [5.41, 5.74) is 0.958. The minimum atomic E-state index is 0.0928. The molecule has 0 saturated carbocycles. The summed E-state index contributed by atoms with van der Waals surface area (Å²) in [4.78, 5) is 8.16. The molecule has 0 bridgehead atoms. The van der Waals surface area contributed by atoms with Crippen molar-refractivity contribution in [3.8, 4) is 0 Å². The number of halogens is 1. The third-order valence-corrected chi connectivity index (χ3v) is 2.44. The van der Waals surface area contributed by atoms with Crippen molar-refractivity contribution in [2.24, 2.45) is 0 Å². The molecule has 3 nitrogen and oxygen atoms in total. The van der Waals surface area contributed by atoms with E-state index in [1.54, 1.807) is 6.33 Å². The molecule has 1 N–H and O–H groups in total. The molecule has 0 saturated heterocycles. The Labute approximate surface area is 89.9 Å². The van der Waals surface area contributed by atoms with Crippen molar-refractivity contribution >= 4 is 17.4 Å². The van der Waals surface area contributed by atoms with Gasteiger partial charge in [-0.15, -0.1) is 11.6 Å². The topological polar surface area (TPSA) is 37.8 Å². The Morgan fingerprint density at radius 3 is 2.71 bits per heavy atom. The summed E-state index contributed by atoms with van der Waals surface area (Å²) in [6.07, 6.45) is 2.54. The highest BCUT2D eigenvalue weighted by Gasteiger charge is 2.12. The fourth-order valence-electron chi connectivity index (χ4n) is 1.27. The Morgan fingerprint density at radius 1 is 1.50 bits per heavy atom. The number of aromatic nitrogens is 2. The van der Waals surface area contributed by atoms with E-state index in [0.29, 0.717) is 0 Å². The van der Waals surface area contributed by atoms with Gasteiger partial charge in [-0.05, 0) is 20.3 Å². The van der Waals surface area contributed by atoms with Gasteiger partial charge in [0.1, 0.15) is 12.1 Å². The molecule has 1 aromatic heterocycles. The normalized spacial score (nSPS) is 14.9. The van der Waals surface area contributed by atoms with Crippen molar-refractivity contribution in [3.63, 3.8) is 0 Å². The van der Waals surface area contributed by atoms with E-state index in [2.05, 4.69) is 22.2 Å². The molecule has 1 heterocycles. The molecule has 0 aliphatic heterocycles. The molecule has 2 atom stereocenters. The van der Waals surface area contributed by atoms with E-state index in [-0.39, 0.29) is 11.4 Å². The van der Waals surface area contributed by atoms with E-state index in [4.69, 9.17) is 11.6 Å². The van der Waals surface area contributed by atoms with Gasteiger partial charge >= 0.3 is 0 Å². The molecule has 0 amide bonds. The minimum Gasteiger partial charge on any atom is -0.366 e. The molecule has 78 valence electrons. The fourth-order valence-corrected chi connectivity index (χ4v) is 1.51. The lowest BCUT2D eigenvalue weighted by Crippen LogP contribution is -2.27. The summed E-state index contributed by atoms with van der Waals surface area (Å²) in [5, 5.41) is 3.38. The molecule has 14 heavy (non-hydrogen) atoms. The average molecular weight is 214 g/mol. The molecular formula is C10H16ClN3. The second-order valence-electron chi connectivity index (χ2n) is 3.38. The van der Waals surface area contributed by atoms with Gasteiger partial charge < -0.3 is 5.32 Å². The van der Waals surface area contributed by atoms with Gasteiger partial charge in [0.15, 0.2) is 0 Å². The predicted octanol–water partition coefficient (Wildman–Crippen LogP) is 2.60. The van der Waals surface area contributed by atoms with Crippen LogP contribution in [0.15, 0.2) is 12.4 Å². The third-order valence-electron chi connectivity index (χ3n) is 2.13. The molecule has 0 aromatic carbocycles. The fraction of sp³-hybridized carbons (Fsp3) is 0.600. The van der Waals surface area contributed by atoms with Gasteiger partial charge in [0, 0.05) is 17.8 Å². The van der Waals surface area contributed by atoms with Crippen molar-refractivity contribution in [2.45, 2.75) is 38.6 Å². The van der Waals surface area contributed by atoms with E-state index < -0.39 is 0 Å². The van der Waals surface area contributed by atoms with Crippen molar-refractivity contribution in [2.75, 3.05) is 5.32 Å². The highest BCUT2D eigenvalue weighted by Crippen LogP contribution is 2.12. The molecule has 0 radical (unpaired) electrons. The highest BCUT2D eigenvalue weighted by atomic mass is 35.5. The summed E-state index contributed by atoms with van der Waals surface area (Å²) in [7, 11) is 0. The number of anilines is 1. The van der Waals surface area contributed by atoms with Gasteiger partial charge in [-0.1, -0.05) is 6.92 Å². The second-order valence-corrected chi connectivity index (χ2v) is 4.07. The Morgan fingerprint density at radius 2 is 2.21 bits per heavy atom. The first-order valence-corrected chi connectivity index (χ1v) is 5.26. The van der Waals surface area contributed by atoms with Crippen LogP contribution in [-0.4, -0.2) is 21.4 Å². The standard InChI is InChI=1S/C10H16ClN3/c1-4-9(8(3)11)14-10-5-7(2)12-6-13-10/h5-6,8-9H,4H2,1-3H3,(H,12,13,14). The lowest BCUT2D eigenvalue weighted by atomic mass is 10.1. The smallest absolute Gasteiger partial charge is 0.129 e. The van der Waals surface area contributed by atoms with Crippen LogP contribution < -0.4 is 5.32 Å². The zero-order valence-corrected chi connectivity index (χ0v) is 9.54. The molecule has 1 rings (SSSR count). The van der Waals surface area contributed by atoms with Crippen LogP contribution in [0, 0.1) is 6.92 Å². The first kappa shape index (κ1) is 11.2. The summed E-state index contributed by atoms with van der Waals surface area (Å²) in [6, 6.07) is 2.17. The lowest BCUT2D eigenvalue weighted by molar-refractivity contribution is 0.675. The Kier molecular flexibility index (Phi) is 4.14. The second kappa shape index (κ2) is 5.15. The Bertz CT molecular complexity index is 288. The molecule has 4 heteroatoms. The highest BCUT2D eigenvalue weighted by molar-refractivity contribution is 6.21. The minimum absolute atomic E-state index is 0.0928. The van der Waals surface area contributed by atoms with Crippen molar-refractivity contribution in [1.82, 2.24) is 9.97 Å². The zero-order valence-electron chi connectivity index (χ0n) is 8.79. The molecule has 2 unspecified atom stereocenters. The summed E-state index contributed by atoms with van der Waals surface area (Å²) >= 11 is 6.03. The first-order valence-electron chi connectivity index (χ1n) is 4.82. The van der Waals surface area contributed by atoms with E-state index in [9.17, 15) is 0 Å². The van der Waals surface area contributed by atoms with Gasteiger partial charge in [-0.2, -0.15) is 0 Å². The first-order chi connectivity index (χ1) is 6.63. The number of nitrogens with one attached hydrogen (secondary N) is 1. The van der Waals surface area contributed by atoms with Crippen molar-refractivity contribution in [3.05, 3.63) is 18.1 Å². The van der Waals surface area contributed by atoms with Crippen LogP contribution in [0.1, 0.15) is 26.0 Å². The van der Waals surface area contributed by atoms with Gasteiger partial charge in [0.05, 0.1) is 5.38 Å². The van der Waals surface area contributed by atoms with Crippen molar-refractivity contribution < 1.29 is 0 Å². The van der Waals surface area contributed by atoms with Crippen LogP contribution in [0.2, 0.25) is 0 Å². The number of rotatable bonds is 4. The van der Waals surface area contributed by atoms with Gasteiger partial charge in [0.25, 0.3) is 0 Å². The van der Waals surface area contributed by atoms with Gasteiger partial charge in [-0.3, -0.25) is 0 Å². The van der Waals surface area contributed by atoms with E-state index >= 15 is 0 Å². The van der Waals surface area contributed by atoms with Crippen LogP contribution in [0.3, 0.4) is 0 Å². The maximum atomic E-state index is 6.03. The SMILES string of the molecule is CCC(Nc1cc(C)ncn1)C(C)Cl. The summed E-state index contributed by atoms with van der Waals surface area (Å²) in [6.45, 7) is 6.03. The van der Waals surface area contributed by atoms with Gasteiger partial charge in [-0.25, -0.2) is 9.97 Å². The molecule has 0 aliphatic carbocycles. The zero-order chi connectivity index (χ0) is 10.6. The Balaban J connectivity index is 2.67. The molecule has 0 aliphatic rings. The maximum absolute atomic E-state index is 6.03. The van der Waals surface area contributed by atoms with E-state index in [0.717, 1.165) is 17.9 Å². The largest absolute Gasteiger partial charge is 0.366 e. The molecule has 0 spiro atoms. The van der Waals surface area contributed by atoms with Crippen LogP contribution in [-0.2, 0) is 0 Å². The predicted molar refractivity (Wildman–Crippen MR) is 59.8 cm³/mol.